The van der Waals surface area contributed by atoms with Gasteiger partial charge in [-0.2, -0.15) is 5.10 Å². The van der Waals surface area contributed by atoms with Crippen LogP contribution in [0.1, 0.15) is 12.5 Å². The number of fused-ring (bicyclic) bond motifs is 1. The lowest BCUT2D eigenvalue weighted by Gasteiger charge is -2.24. The first kappa shape index (κ1) is 11.1. The molecule has 18 heavy (non-hydrogen) atoms. The molecule has 1 atom stereocenters. The fraction of sp³-hybridized carbons (Fsp3) is 0.333. The molecule has 2 aromatic heterocycles. The highest BCUT2D eigenvalue weighted by atomic mass is 19.3. The Morgan fingerprint density at radius 2 is 2.33 bits per heavy atom. The largest absolute Gasteiger partial charge is 0.370 e. The highest BCUT2D eigenvalue weighted by Crippen LogP contribution is 2.31. The molecule has 3 rings (SSSR count). The van der Waals surface area contributed by atoms with Gasteiger partial charge in [0.25, 0.3) is 6.43 Å². The summed E-state index contributed by atoms with van der Waals surface area (Å²) in [4.78, 5) is 4.00. The van der Waals surface area contributed by atoms with Crippen molar-refractivity contribution in [3.63, 3.8) is 0 Å². The van der Waals surface area contributed by atoms with Crippen molar-refractivity contribution >= 4 is 5.82 Å². The van der Waals surface area contributed by atoms with E-state index in [9.17, 15) is 8.78 Å². The third-order valence-electron chi connectivity index (χ3n) is 3.04. The Balaban J connectivity index is 2.01. The van der Waals surface area contributed by atoms with Crippen LogP contribution in [0.15, 0.2) is 30.6 Å². The van der Waals surface area contributed by atoms with E-state index in [1.165, 1.54) is 4.68 Å². The molecule has 4 nitrogen and oxygen atoms in total. The molecular formula is C12H12F2N4. The minimum atomic E-state index is -2.40. The summed E-state index contributed by atoms with van der Waals surface area (Å²) < 4.78 is 27.2. The van der Waals surface area contributed by atoms with Crippen LogP contribution in [-0.2, 0) is 0 Å². The van der Waals surface area contributed by atoms with Gasteiger partial charge in [-0.05, 0) is 18.6 Å². The lowest BCUT2D eigenvalue weighted by atomic mass is 10.2. The maximum absolute atomic E-state index is 12.9. The van der Waals surface area contributed by atoms with Gasteiger partial charge in [-0.3, -0.25) is 4.98 Å². The Kier molecular flexibility index (Phi) is 2.70. The van der Waals surface area contributed by atoms with Crippen LogP contribution in [0, 0.1) is 0 Å². The zero-order valence-electron chi connectivity index (χ0n) is 9.55. The summed E-state index contributed by atoms with van der Waals surface area (Å²) >= 11 is 0. The van der Waals surface area contributed by atoms with Crippen molar-refractivity contribution in [2.75, 3.05) is 11.9 Å². The second-order valence-corrected chi connectivity index (χ2v) is 4.22. The number of rotatable bonds is 2. The third-order valence-corrected chi connectivity index (χ3v) is 3.04. The van der Waals surface area contributed by atoms with Crippen LogP contribution in [0.4, 0.5) is 14.6 Å². The Hall–Kier alpha value is -1.98. The summed E-state index contributed by atoms with van der Waals surface area (Å²) in [6, 6.07) is 4.60. The molecule has 6 heteroatoms. The number of nitrogens with one attached hydrogen (secondary N) is 1. The molecule has 0 saturated heterocycles. The molecule has 0 spiro atoms. The zero-order chi connectivity index (χ0) is 12.5. The van der Waals surface area contributed by atoms with E-state index in [2.05, 4.69) is 15.4 Å². The van der Waals surface area contributed by atoms with Gasteiger partial charge < -0.3 is 5.32 Å². The van der Waals surface area contributed by atoms with Crippen LogP contribution in [0.5, 0.6) is 0 Å². The molecule has 1 N–H and O–H groups in total. The molecule has 0 saturated carbocycles. The van der Waals surface area contributed by atoms with Crippen LogP contribution in [0.2, 0.25) is 0 Å². The van der Waals surface area contributed by atoms with Gasteiger partial charge in [-0.15, -0.1) is 0 Å². The summed E-state index contributed by atoms with van der Waals surface area (Å²) in [7, 11) is 0. The van der Waals surface area contributed by atoms with Gasteiger partial charge in [0, 0.05) is 30.6 Å². The van der Waals surface area contributed by atoms with E-state index in [1.807, 2.05) is 6.07 Å². The molecule has 1 unspecified atom stereocenters. The van der Waals surface area contributed by atoms with Gasteiger partial charge in [0.15, 0.2) is 0 Å². The van der Waals surface area contributed by atoms with Crippen LogP contribution in [0.25, 0.3) is 11.3 Å². The number of alkyl halides is 2. The first-order valence-corrected chi connectivity index (χ1v) is 5.77. The number of pyridine rings is 1. The minimum absolute atomic E-state index is 0.388. The van der Waals surface area contributed by atoms with Crippen LogP contribution < -0.4 is 5.32 Å². The van der Waals surface area contributed by atoms with E-state index in [0.717, 1.165) is 5.56 Å². The Bertz CT molecular complexity index is 538. The average molecular weight is 250 g/mol. The highest BCUT2D eigenvalue weighted by Gasteiger charge is 2.29. The summed E-state index contributed by atoms with van der Waals surface area (Å²) in [6.07, 6.45) is 1.33. The summed E-state index contributed by atoms with van der Waals surface area (Å²) in [5, 5.41) is 7.34. The van der Waals surface area contributed by atoms with E-state index in [0.29, 0.717) is 24.5 Å². The van der Waals surface area contributed by atoms with E-state index in [-0.39, 0.29) is 0 Å². The van der Waals surface area contributed by atoms with Gasteiger partial charge in [0.1, 0.15) is 11.9 Å². The second kappa shape index (κ2) is 4.36. The van der Waals surface area contributed by atoms with Crippen molar-refractivity contribution in [2.24, 2.45) is 0 Å². The fourth-order valence-electron chi connectivity index (χ4n) is 2.14. The SMILES string of the molecule is FC(F)C1CCNc2cc(-c3cccnc3)nn21. The second-order valence-electron chi connectivity index (χ2n) is 4.22. The van der Waals surface area contributed by atoms with Gasteiger partial charge in [-0.25, -0.2) is 13.5 Å². The minimum Gasteiger partial charge on any atom is -0.370 e. The van der Waals surface area contributed by atoms with Gasteiger partial charge in [-0.1, -0.05) is 0 Å². The number of hydrogen-bond acceptors (Lipinski definition) is 3. The van der Waals surface area contributed by atoms with Crippen molar-refractivity contribution in [3.8, 4) is 11.3 Å². The maximum Gasteiger partial charge on any atom is 0.260 e. The van der Waals surface area contributed by atoms with Gasteiger partial charge >= 0.3 is 0 Å². The van der Waals surface area contributed by atoms with Crippen molar-refractivity contribution < 1.29 is 8.78 Å². The van der Waals surface area contributed by atoms with Crippen LogP contribution in [0.3, 0.4) is 0 Å². The summed E-state index contributed by atoms with van der Waals surface area (Å²) in [6.45, 7) is 0.549. The molecule has 94 valence electrons. The predicted octanol–water partition coefficient (Wildman–Crippen LogP) is 2.57. The maximum atomic E-state index is 12.9. The molecule has 0 amide bonds. The van der Waals surface area contributed by atoms with E-state index in [4.69, 9.17) is 0 Å². The highest BCUT2D eigenvalue weighted by molar-refractivity contribution is 5.62. The number of hydrogen-bond donors (Lipinski definition) is 1. The smallest absolute Gasteiger partial charge is 0.260 e. The number of halogens is 2. The van der Waals surface area contributed by atoms with Crippen molar-refractivity contribution in [1.82, 2.24) is 14.8 Å². The molecule has 0 aromatic carbocycles. The predicted molar refractivity (Wildman–Crippen MR) is 63.6 cm³/mol. The van der Waals surface area contributed by atoms with Crippen molar-refractivity contribution in [3.05, 3.63) is 30.6 Å². The molecule has 1 aliphatic rings. The fourth-order valence-corrected chi connectivity index (χ4v) is 2.14. The molecule has 0 bridgehead atoms. The first-order chi connectivity index (χ1) is 8.75. The zero-order valence-corrected chi connectivity index (χ0v) is 9.55. The summed E-state index contributed by atoms with van der Waals surface area (Å²) in [5.74, 6) is 0.644. The van der Waals surface area contributed by atoms with Crippen molar-refractivity contribution in [1.29, 1.82) is 0 Å². The monoisotopic (exact) mass is 250 g/mol. The summed E-state index contributed by atoms with van der Waals surface area (Å²) in [5.41, 5.74) is 1.49. The van der Waals surface area contributed by atoms with E-state index in [1.54, 1.807) is 24.5 Å². The quantitative estimate of drug-likeness (QED) is 0.890. The Morgan fingerprint density at radius 1 is 1.44 bits per heavy atom. The normalized spacial score (nSPS) is 18.5. The first-order valence-electron chi connectivity index (χ1n) is 5.77. The van der Waals surface area contributed by atoms with Gasteiger partial charge in [0.2, 0.25) is 0 Å². The number of aromatic nitrogens is 3. The Morgan fingerprint density at radius 3 is 3.06 bits per heavy atom. The number of anilines is 1. The lowest BCUT2D eigenvalue weighted by molar-refractivity contribution is 0.0716. The molecular weight excluding hydrogens is 238 g/mol. The molecule has 0 fully saturated rings. The molecule has 2 aromatic rings. The van der Waals surface area contributed by atoms with Crippen LogP contribution in [-0.4, -0.2) is 27.7 Å². The molecule has 1 aliphatic heterocycles. The van der Waals surface area contributed by atoms with E-state index < -0.39 is 12.5 Å². The Labute approximate surface area is 103 Å². The molecule has 0 aliphatic carbocycles. The molecule has 3 heterocycles. The standard InChI is InChI=1S/C12H12F2N4/c13-12(14)10-3-5-16-11-6-9(17-18(10)11)8-2-1-4-15-7-8/h1-2,4,6-7,10,12,16H,3,5H2. The van der Waals surface area contributed by atoms with E-state index >= 15 is 0 Å². The van der Waals surface area contributed by atoms with Crippen molar-refractivity contribution in [2.45, 2.75) is 18.9 Å². The number of nitrogens with zero attached hydrogens (tertiary/aromatic N) is 3. The lowest BCUT2D eigenvalue weighted by Crippen LogP contribution is -2.28. The van der Waals surface area contributed by atoms with Gasteiger partial charge in [0.05, 0.1) is 5.69 Å². The topological polar surface area (TPSA) is 42.7 Å². The van der Waals surface area contributed by atoms with Crippen LogP contribution >= 0.6 is 0 Å². The average Bonchev–Trinajstić information content (AvgIpc) is 2.83. The molecule has 0 radical (unpaired) electrons. The third kappa shape index (κ3) is 1.83.